The zero-order valence-electron chi connectivity index (χ0n) is 12.0. The van der Waals surface area contributed by atoms with Gasteiger partial charge in [-0.25, -0.2) is 0 Å². The molecule has 2 N–H and O–H groups in total. The highest BCUT2D eigenvalue weighted by Crippen LogP contribution is 2.27. The van der Waals surface area contributed by atoms with Crippen LogP contribution < -0.4 is 5.73 Å². The summed E-state index contributed by atoms with van der Waals surface area (Å²) in [6.45, 7) is 6.73. The van der Waals surface area contributed by atoms with Crippen molar-refractivity contribution >= 4 is 17.3 Å². The average molecular weight is 281 g/mol. The molecule has 19 heavy (non-hydrogen) atoms. The maximum Gasteiger partial charge on any atom is 0.0635 e. The second kappa shape index (κ2) is 6.62. The van der Waals surface area contributed by atoms with Crippen molar-refractivity contribution in [1.82, 2.24) is 4.90 Å². The fourth-order valence-electron chi connectivity index (χ4n) is 3.01. The Labute approximate surface area is 121 Å². The number of benzene rings is 1. The van der Waals surface area contributed by atoms with Gasteiger partial charge in [0.05, 0.1) is 10.7 Å². The molecule has 1 aliphatic carbocycles. The molecule has 2 nitrogen and oxygen atoms in total. The molecule has 0 radical (unpaired) electrons. The molecule has 3 heteroatoms. The van der Waals surface area contributed by atoms with E-state index in [0.717, 1.165) is 19.1 Å². The maximum atomic E-state index is 5.99. The van der Waals surface area contributed by atoms with Crippen LogP contribution in [0.2, 0.25) is 5.02 Å². The number of nitrogens with two attached hydrogens (primary N) is 1. The summed E-state index contributed by atoms with van der Waals surface area (Å²) in [7, 11) is 0. The predicted molar refractivity (Wildman–Crippen MR) is 83.4 cm³/mol. The normalized spacial score (nSPS) is 16.7. The van der Waals surface area contributed by atoms with Crippen LogP contribution in [0.3, 0.4) is 0 Å². The molecular formula is C16H25ClN2. The SMILES string of the molecule is CC(C)CN(Cc1ccc(Cl)c(N)c1)C1CCCC1. The molecule has 0 amide bonds. The van der Waals surface area contributed by atoms with E-state index in [1.807, 2.05) is 12.1 Å². The van der Waals surface area contributed by atoms with Gasteiger partial charge in [-0.1, -0.05) is 44.4 Å². The number of nitrogens with zero attached hydrogens (tertiary/aromatic N) is 1. The van der Waals surface area contributed by atoms with Gasteiger partial charge in [0, 0.05) is 19.1 Å². The van der Waals surface area contributed by atoms with Gasteiger partial charge in [0.15, 0.2) is 0 Å². The third kappa shape index (κ3) is 4.12. The number of nitrogen functional groups attached to an aromatic ring is 1. The molecule has 1 fully saturated rings. The number of hydrogen-bond donors (Lipinski definition) is 1. The van der Waals surface area contributed by atoms with E-state index >= 15 is 0 Å². The lowest BCUT2D eigenvalue weighted by atomic mass is 10.1. The minimum atomic E-state index is 0.653. The molecule has 0 atom stereocenters. The van der Waals surface area contributed by atoms with Crippen molar-refractivity contribution in [1.29, 1.82) is 0 Å². The van der Waals surface area contributed by atoms with Crippen LogP contribution in [0.1, 0.15) is 45.1 Å². The first-order valence-corrected chi connectivity index (χ1v) is 7.72. The van der Waals surface area contributed by atoms with E-state index in [1.165, 1.54) is 31.2 Å². The lowest BCUT2D eigenvalue weighted by Crippen LogP contribution is -2.35. The van der Waals surface area contributed by atoms with Crippen molar-refractivity contribution in [2.45, 2.75) is 52.1 Å². The summed E-state index contributed by atoms with van der Waals surface area (Å²) < 4.78 is 0. The Bertz CT molecular complexity index is 411. The summed E-state index contributed by atoms with van der Waals surface area (Å²) in [5.74, 6) is 0.699. The van der Waals surface area contributed by atoms with Crippen LogP contribution in [-0.4, -0.2) is 17.5 Å². The van der Waals surface area contributed by atoms with Gasteiger partial charge >= 0.3 is 0 Å². The van der Waals surface area contributed by atoms with Gasteiger partial charge in [-0.3, -0.25) is 4.90 Å². The summed E-state index contributed by atoms with van der Waals surface area (Å²) in [5.41, 5.74) is 7.86. The van der Waals surface area contributed by atoms with E-state index < -0.39 is 0 Å². The van der Waals surface area contributed by atoms with Crippen molar-refractivity contribution < 1.29 is 0 Å². The van der Waals surface area contributed by atoms with Crippen LogP contribution in [-0.2, 0) is 6.54 Å². The van der Waals surface area contributed by atoms with Gasteiger partial charge in [0.1, 0.15) is 0 Å². The second-order valence-electron chi connectivity index (χ2n) is 6.12. The smallest absolute Gasteiger partial charge is 0.0635 e. The Morgan fingerprint density at radius 2 is 2.00 bits per heavy atom. The standard InChI is InChI=1S/C16H25ClN2/c1-12(2)10-19(14-5-3-4-6-14)11-13-7-8-15(17)16(18)9-13/h7-9,12,14H,3-6,10-11,18H2,1-2H3. The van der Waals surface area contributed by atoms with Crippen LogP contribution >= 0.6 is 11.6 Å². The van der Waals surface area contributed by atoms with Gasteiger partial charge in [0.2, 0.25) is 0 Å². The summed E-state index contributed by atoms with van der Waals surface area (Å²) in [5, 5.41) is 0.653. The van der Waals surface area contributed by atoms with Crippen molar-refractivity contribution in [2.24, 2.45) is 5.92 Å². The molecule has 1 aliphatic rings. The van der Waals surface area contributed by atoms with Gasteiger partial charge in [0.25, 0.3) is 0 Å². The quantitative estimate of drug-likeness (QED) is 0.814. The van der Waals surface area contributed by atoms with Crippen LogP contribution in [0.25, 0.3) is 0 Å². The van der Waals surface area contributed by atoms with Crippen molar-refractivity contribution in [3.05, 3.63) is 28.8 Å². The summed E-state index contributed by atoms with van der Waals surface area (Å²) in [6, 6.07) is 6.78. The maximum absolute atomic E-state index is 5.99. The third-order valence-corrected chi connectivity index (χ3v) is 4.23. The summed E-state index contributed by atoms with van der Waals surface area (Å²) >= 11 is 5.99. The summed E-state index contributed by atoms with van der Waals surface area (Å²) in [6.07, 6.45) is 5.44. The van der Waals surface area contributed by atoms with Crippen LogP contribution in [0.4, 0.5) is 5.69 Å². The highest BCUT2D eigenvalue weighted by Gasteiger charge is 2.23. The zero-order chi connectivity index (χ0) is 13.8. The molecule has 0 aromatic heterocycles. The predicted octanol–water partition coefficient (Wildman–Crippen LogP) is 4.32. The van der Waals surface area contributed by atoms with Crippen LogP contribution in [0.15, 0.2) is 18.2 Å². The molecule has 0 bridgehead atoms. The Kier molecular flexibility index (Phi) is 5.12. The topological polar surface area (TPSA) is 29.3 Å². The van der Waals surface area contributed by atoms with Crippen molar-refractivity contribution in [3.8, 4) is 0 Å². The molecule has 0 heterocycles. The van der Waals surface area contributed by atoms with Gasteiger partial charge in [-0.2, -0.15) is 0 Å². The molecule has 0 aliphatic heterocycles. The molecular weight excluding hydrogens is 256 g/mol. The average Bonchev–Trinajstić information content (AvgIpc) is 2.86. The Hall–Kier alpha value is -0.730. The number of halogens is 1. The number of rotatable bonds is 5. The monoisotopic (exact) mass is 280 g/mol. The molecule has 106 valence electrons. The molecule has 1 aromatic carbocycles. The van der Waals surface area contributed by atoms with Gasteiger partial charge in [-0.05, 0) is 36.5 Å². The lowest BCUT2D eigenvalue weighted by molar-refractivity contribution is 0.168. The number of anilines is 1. The highest BCUT2D eigenvalue weighted by atomic mass is 35.5. The lowest BCUT2D eigenvalue weighted by Gasteiger charge is -2.30. The molecule has 1 aromatic rings. The third-order valence-electron chi connectivity index (χ3n) is 3.89. The van der Waals surface area contributed by atoms with Crippen LogP contribution in [0, 0.1) is 5.92 Å². The molecule has 0 unspecified atom stereocenters. The Morgan fingerprint density at radius 3 is 2.58 bits per heavy atom. The molecule has 0 spiro atoms. The minimum Gasteiger partial charge on any atom is -0.398 e. The van der Waals surface area contributed by atoms with E-state index in [2.05, 4.69) is 24.8 Å². The van der Waals surface area contributed by atoms with E-state index in [9.17, 15) is 0 Å². The Morgan fingerprint density at radius 1 is 1.32 bits per heavy atom. The molecule has 1 saturated carbocycles. The molecule has 2 rings (SSSR count). The highest BCUT2D eigenvalue weighted by molar-refractivity contribution is 6.33. The first-order chi connectivity index (χ1) is 9.06. The van der Waals surface area contributed by atoms with Crippen LogP contribution in [0.5, 0.6) is 0 Å². The van der Waals surface area contributed by atoms with E-state index in [-0.39, 0.29) is 0 Å². The first kappa shape index (κ1) is 14.7. The first-order valence-electron chi connectivity index (χ1n) is 7.34. The molecule has 0 saturated heterocycles. The summed E-state index contributed by atoms with van der Waals surface area (Å²) in [4.78, 5) is 2.63. The zero-order valence-corrected chi connectivity index (χ0v) is 12.8. The Balaban J connectivity index is 2.07. The number of hydrogen-bond acceptors (Lipinski definition) is 2. The fourth-order valence-corrected chi connectivity index (χ4v) is 3.12. The van der Waals surface area contributed by atoms with Crippen molar-refractivity contribution in [2.75, 3.05) is 12.3 Å². The fraction of sp³-hybridized carbons (Fsp3) is 0.625. The van der Waals surface area contributed by atoms with E-state index in [1.54, 1.807) is 0 Å². The van der Waals surface area contributed by atoms with E-state index in [0.29, 0.717) is 16.6 Å². The second-order valence-corrected chi connectivity index (χ2v) is 6.52. The van der Waals surface area contributed by atoms with Crippen molar-refractivity contribution in [3.63, 3.8) is 0 Å². The van der Waals surface area contributed by atoms with Gasteiger partial charge < -0.3 is 5.73 Å². The van der Waals surface area contributed by atoms with Gasteiger partial charge in [-0.15, -0.1) is 0 Å². The van der Waals surface area contributed by atoms with E-state index in [4.69, 9.17) is 17.3 Å². The minimum absolute atomic E-state index is 0.653. The largest absolute Gasteiger partial charge is 0.398 e.